The Kier molecular flexibility index (Phi) is 3.82. The molecule has 6 nitrogen and oxygen atoms in total. The lowest BCUT2D eigenvalue weighted by Gasteiger charge is -2.26. The number of para-hydroxylation sites is 1. The molecule has 1 aliphatic rings. The Morgan fingerprint density at radius 1 is 1.33 bits per heavy atom. The van der Waals surface area contributed by atoms with E-state index in [9.17, 15) is 4.79 Å². The van der Waals surface area contributed by atoms with Crippen molar-refractivity contribution >= 4 is 39.5 Å². The lowest BCUT2D eigenvalue weighted by atomic mass is 9.96. The summed E-state index contributed by atoms with van der Waals surface area (Å²) in [5.41, 5.74) is 1.81. The van der Waals surface area contributed by atoms with Crippen LogP contribution < -0.4 is 5.56 Å². The molecule has 0 fully saturated rings. The van der Waals surface area contributed by atoms with E-state index >= 15 is 0 Å². The minimum absolute atomic E-state index is 0.0559. The Morgan fingerprint density at radius 3 is 2.85 bits per heavy atom. The summed E-state index contributed by atoms with van der Waals surface area (Å²) >= 11 is 7.06. The van der Waals surface area contributed by atoms with E-state index in [1.54, 1.807) is 15.9 Å². The number of nitrogens with one attached hydrogen (secondary N) is 1. The molecule has 0 saturated carbocycles. The summed E-state index contributed by atoms with van der Waals surface area (Å²) in [6, 6.07) is 9.57. The van der Waals surface area contributed by atoms with Crippen LogP contribution in [0.15, 0.2) is 35.1 Å². The maximum Gasteiger partial charge on any atom is 0.268 e. The van der Waals surface area contributed by atoms with E-state index in [2.05, 4.69) is 24.0 Å². The van der Waals surface area contributed by atoms with Gasteiger partial charge in [-0.15, -0.1) is 16.4 Å². The highest BCUT2D eigenvalue weighted by atomic mass is 32.1. The number of aromatic nitrogens is 4. The SMILES string of the molecule is CC(C)[C@@H]1Cc2c(sc3c2c(=O)n(-c2ccccc2)c2n[nH]c(=S)n32)CO1. The molecule has 5 rings (SSSR count). The van der Waals surface area contributed by atoms with E-state index in [4.69, 9.17) is 17.0 Å². The Hall–Kier alpha value is -2.29. The maximum absolute atomic E-state index is 13.6. The molecular formula is C19H18N4O2S2. The average Bonchev–Trinajstić information content (AvgIpc) is 3.23. The average molecular weight is 399 g/mol. The van der Waals surface area contributed by atoms with E-state index < -0.39 is 0 Å². The van der Waals surface area contributed by atoms with Crippen LogP contribution in [0, 0.1) is 10.7 Å². The van der Waals surface area contributed by atoms with Crippen molar-refractivity contribution in [2.24, 2.45) is 5.92 Å². The molecule has 0 radical (unpaired) electrons. The number of hydrogen-bond acceptors (Lipinski definition) is 5. The van der Waals surface area contributed by atoms with Crippen molar-refractivity contribution in [3.8, 4) is 5.69 Å². The molecule has 0 unspecified atom stereocenters. The molecule has 0 amide bonds. The van der Waals surface area contributed by atoms with Crippen LogP contribution in [-0.4, -0.2) is 25.3 Å². The number of H-pyrrole nitrogens is 1. The zero-order valence-electron chi connectivity index (χ0n) is 14.9. The lowest BCUT2D eigenvalue weighted by molar-refractivity contribution is 0.00200. The molecule has 1 aromatic carbocycles. The van der Waals surface area contributed by atoms with E-state index in [1.807, 2.05) is 34.7 Å². The minimum Gasteiger partial charge on any atom is -0.372 e. The molecule has 0 saturated heterocycles. The normalized spacial score (nSPS) is 17.1. The van der Waals surface area contributed by atoms with Crippen LogP contribution >= 0.6 is 23.6 Å². The van der Waals surface area contributed by atoms with Crippen molar-refractivity contribution in [2.75, 3.05) is 0 Å². The quantitative estimate of drug-likeness (QED) is 0.521. The fourth-order valence-corrected chi connectivity index (χ4v) is 5.24. The summed E-state index contributed by atoms with van der Waals surface area (Å²) in [6.07, 6.45) is 0.862. The number of thiophene rings is 1. The van der Waals surface area contributed by atoms with Crippen molar-refractivity contribution in [3.63, 3.8) is 0 Å². The second kappa shape index (κ2) is 6.12. The Labute approximate surface area is 164 Å². The van der Waals surface area contributed by atoms with Crippen LogP contribution in [0.5, 0.6) is 0 Å². The van der Waals surface area contributed by atoms with Gasteiger partial charge >= 0.3 is 0 Å². The number of aromatic amines is 1. The van der Waals surface area contributed by atoms with E-state index in [-0.39, 0.29) is 11.7 Å². The summed E-state index contributed by atoms with van der Waals surface area (Å²) in [6.45, 7) is 4.84. The number of ether oxygens (including phenoxy) is 1. The minimum atomic E-state index is -0.0559. The molecule has 0 bridgehead atoms. The van der Waals surface area contributed by atoms with Gasteiger partial charge in [0.1, 0.15) is 4.83 Å². The lowest BCUT2D eigenvalue weighted by Crippen LogP contribution is -2.28. The molecule has 3 aromatic heterocycles. The monoisotopic (exact) mass is 398 g/mol. The summed E-state index contributed by atoms with van der Waals surface area (Å²) in [5.74, 6) is 0.896. The summed E-state index contributed by atoms with van der Waals surface area (Å²) in [5, 5.41) is 7.92. The Bertz CT molecular complexity index is 1280. The number of nitrogens with zero attached hydrogens (tertiary/aromatic N) is 3. The molecule has 4 heterocycles. The fraction of sp³-hybridized carbons (Fsp3) is 0.316. The summed E-state index contributed by atoms with van der Waals surface area (Å²) < 4.78 is 10.0. The smallest absolute Gasteiger partial charge is 0.268 e. The number of benzene rings is 1. The van der Waals surface area contributed by atoms with E-state index in [0.29, 0.717) is 23.1 Å². The summed E-state index contributed by atoms with van der Waals surface area (Å²) in [7, 11) is 0. The second-order valence-electron chi connectivity index (χ2n) is 7.12. The fourth-order valence-electron chi connectivity index (χ4n) is 3.71. The Morgan fingerprint density at radius 2 is 2.11 bits per heavy atom. The van der Waals surface area contributed by atoms with Gasteiger partial charge < -0.3 is 4.74 Å². The molecule has 138 valence electrons. The molecule has 0 spiro atoms. The van der Waals surface area contributed by atoms with Gasteiger partial charge in [0.05, 0.1) is 23.8 Å². The van der Waals surface area contributed by atoms with Crippen molar-refractivity contribution in [2.45, 2.75) is 33.0 Å². The van der Waals surface area contributed by atoms with Gasteiger partial charge in [0, 0.05) is 11.3 Å². The van der Waals surface area contributed by atoms with E-state index in [1.165, 1.54) is 0 Å². The van der Waals surface area contributed by atoms with Crippen LogP contribution in [-0.2, 0) is 17.8 Å². The predicted molar refractivity (Wildman–Crippen MR) is 108 cm³/mol. The van der Waals surface area contributed by atoms with Gasteiger partial charge in [-0.1, -0.05) is 32.0 Å². The largest absolute Gasteiger partial charge is 0.372 e. The number of rotatable bonds is 2. The number of fused-ring (bicyclic) bond motifs is 5. The van der Waals surface area contributed by atoms with Gasteiger partial charge in [0.2, 0.25) is 10.5 Å². The van der Waals surface area contributed by atoms with Crippen LogP contribution in [0.1, 0.15) is 24.3 Å². The van der Waals surface area contributed by atoms with Crippen molar-refractivity contribution < 1.29 is 4.74 Å². The first-order valence-corrected chi connectivity index (χ1v) is 10.1. The first-order valence-electron chi connectivity index (χ1n) is 8.89. The standard InChI is InChI=1S/C19H18N4O2S2/c1-10(2)13-8-12-14(9-25-13)27-17-15(12)16(24)22(11-6-4-3-5-7-11)18-20-21-19(26)23(17)18/h3-7,10,13H,8-9H2,1-2H3,(H,21,26)/t13-/m0/s1. The molecule has 1 aliphatic heterocycles. The maximum atomic E-state index is 13.6. The molecule has 4 aromatic rings. The first kappa shape index (κ1) is 16.9. The van der Waals surface area contributed by atoms with Gasteiger partial charge in [0.25, 0.3) is 5.56 Å². The molecule has 27 heavy (non-hydrogen) atoms. The highest BCUT2D eigenvalue weighted by Gasteiger charge is 2.29. The zero-order chi connectivity index (χ0) is 18.7. The van der Waals surface area contributed by atoms with Crippen LogP contribution in [0.4, 0.5) is 0 Å². The number of hydrogen-bond donors (Lipinski definition) is 1. The highest BCUT2D eigenvalue weighted by Crippen LogP contribution is 2.36. The Balaban J connectivity index is 1.92. The molecule has 8 heteroatoms. The molecule has 1 atom stereocenters. The van der Waals surface area contributed by atoms with Crippen LogP contribution in [0.25, 0.3) is 21.7 Å². The van der Waals surface area contributed by atoms with Gasteiger partial charge in [-0.2, -0.15) is 0 Å². The third-order valence-electron chi connectivity index (χ3n) is 5.14. The first-order chi connectivity index (χ1) is 13.1. The third kappa shape index (κ3) is 2.44. The predicted octanol–water partition coefficient (Wildman–Crippen LogP) is 3.85. The summed E-state index contributed by atoms with van der Waals surface area (Å²) in [4.78, 5) is 15.5. The van der Waals surface area contributed by atoms with E-state index in [0.717, 1.165) is 32.8 Å². The van der Waals surface area contributed by atoms with Gasteiger partial charge in [0.15, 0.2) is 0 Å². The molecule has 1 N–H and O–H groups in total. The topological polar surface area (TPSA) is 64.3 Å². The van der Waals surface area contributed by atoms with Crippen LogP contribution in [0.2, 0.25) is 0 Å². The van der Waals surface area contributed by atoms with Crippen molar-refractivity contribution in [3.05, 3.63) is 55.9 Å². The van der Waals surface area contributed by atoms with Crippen molar-refractivity contribution in [1.82, 2.24) is 19.2 Å². The second-order valence-corrected chi connectivity index (χ2v) is 8.59. The highest BCUT2D eigenvalue weighted by molar-refractivity contribution is 7.71. The zero-order valence-corrected chi connectivity index (χ0v) is 16.6. The van der Waals surface area contributed by atoms with Gasteiger partial charge in [-0.3, -0.25) is 4.79 Å². The van der Waals surface area contributed by atoms with Gasteiger partial charge in [-0.05, 0) is 35.8 Å². The van der Waals surface area contributed by atoms with Crippen LogP contribution in [0.3, 0.4) is 0 Å². The van der Waals surface area contributed by atoms with Gasteiger partial charge in [-0.25, -0.2) is 14.1 Å². The molecule has 0 aliphatic carbocycles. The third-order valence-corrected chi connectivity index (χ3v) is 6.60. The molecular weight excluding hydrogens is 380 g/mol. The van der Waals surface area contributed by atoms with Crippen molar-refractivity contribution in [1.29, 1.82) is 0 Å².